The molecule has 1 unspecified atom stereocenters. The third-order valence-corrected chi connectivity index (χ3v) is 5.72. The monoisotopic (exact) mass is 309 g/mol. The molecule has 1 aromatic rings. The molecule has 1 amide bonds. The molecule has 1 aliphatic heterocycles. The minimum Gasteiger partial charge on any atom is -0.481 e. The van der Waals surface area contributed by atoms with E-state index in [-0.39, 0.29) is 17.2 Å². The molecule has 2 fully saturated rings. The van der Waals surface area contributed by atoms with Gasteiger partial charge in [-0.2, -0.15) is 0 Å². The van der Waals surface area contributed by atoms with Crippen LogP contribution in [-0.2, 0) is 16.1 Å². The summed E-state index contributed by atoms with van der Waals surface area (Å²) in [6.45, 7) is 1.77. The summed E-state index contributed by atoms with van der Waals surface area (Å²) >= 11 is 1.45. The van der Waals surface area contributed by atoms with Gasteiger partial charge in [0.25, 0.3) is 5.91 Å². The predicted octanol–water partition coefficient (Wildman–Crippen LogP) is 2.22. The summed E-state index contributed by atoms with van der Waals surface area (Å²) in [5.41, 5.74) is 0.899. The zero-order valence-electron chi connectivity index (χ0n) is 12.0. The lowest BCUT2D eigenvalue weighted by Gasteiger charge is -2.32. The Balaban J connectivity index is 1.63. The van der Waals surface area contributed by atoms with Crippen LogP contribution >= 0.6 is 11.3 Å². The Kier molecular flexibility index (Phi) is 3.75. The first kappa shape index (κ1) is 14.5. The third kappa shape index (κ3) is 2.58. The first-order chi connectivity index (χ1) is 10.1. The molecule has 1 saturated carbocycles. The van der Waals surface area contributed by atoms with Gasteiger partial charge in [0.05, 0.1) is 17.4 Å². The second-order valence-corrected chi connectivity index (χ2v) is 6.87. The lowest BCUT2D eigenvalue weighted by Crippen LogP contribution is -2.40. The minimum absolute atomic E-state index is 0.0343. The summed E-state index contributed by atoms with van der Waals surface area (Å²) in [5.74, 6) is -0.824. The van der Waals surface area contributed by atoms with Crippen LogP contribution in [0.25, 0.3) is 0 Å². The summed E-state index contributed by atoms with van der Waals surface area (Å²) < 4.78 is 5.12. The number of methoxy groups -OCH3 is 1. The van der Waals surface area contributed by atoms with Gasteiger partial charge in [0.15, 0.2) is 0 Å². The highest BCUT2D eigenvalue weighted by Crippen LogP contribution is 2.59. The lowest BCUT2D eigenvalue weighted by atomic mass is 9.90. The maximum absolute atomic E-state index is 12.6. The number of carbonyl (C=O) groups is 2. The predicted molar refractivity (Wildman–Crippen MR) is 78.3 cm³/mol. The Labute approximate surface area is 127 Å². The molecule has 0 radical (unpaired) electrons. The van der Waals surface area contributed by atoms with Crippen molar-refractivity contribution in [2.75, 3.05) is 20.2 Å². The average molecular weight is 309 g/mol. The van der Waals surface area contributed by atoms with Crippen LogP contribution in [0.1, 0.15) is 34.5 Å². The highest BCUT2D eigenvalue weighted by atomic mass is 32.1. The van der Waals surface area contributed by atoms with Crippen LogP contribution in [0.5, 0.6) is 0 Å². The van der Waals surface area contributed by atoms with Gasteiger partial charge in [0.2, 0.25) is 0 Å². The van der Waals surface area contributed by atoms with Gasteiger partial charge in [0.1, 0.15) is 0 Å². The molecule has 1 saturated heterocycles. The van der Waals surface area contributed by atoms with Crippen molar-refractivity contribution in [1.82, 2.24) is 4.90 Å². The molecule has 1 atom stereocenters. The molecule has 114 valence electrons. The highest BCUT2D eigenvalue weighted by molar-refractivity contribution is 7.12. The molecule has 6 heteroatoms. The summed E-state index contributed by atoms with van der Waals surface area (Å²) in [6.07, 6.45) is 2.39. The number of nitrogens with zero attached hydrogens (tertiary/aromatic N) is 1. The number of likely N-dealkylation sites (tertiary alicyclic amines) is 1. The van der Waals surface area contributed by atoms with Crippen LogP contribution < -0.4 is 0 Å². The molecule has 1 spiro atoms. The summed E-state index contributed by atoms with van der Waals surface area (Å²) in [5, 5.41) is 11.0. The van der Waals surface area contributed by atoms with Gasteiger partial charge in [-0.1, -0.05) is 0 Å². The largest absolute Gasteiger partial charge is 0.481 e. The van der Waals surface area contributed by atoms with Crippen molar-refractivity contribution in [3.63, 3.8) is 0 Å². The smallest absolute Gasteiger partial charge is 0.307 e. The molecule has 21 heavy (non-hydrogen) atoms. The van der Waals surface area contributed by atoms with Crippen molar-refractivity contribution in [3.05, 3.63) is 21.9 Å². The second kappa shape index (κ2) is 5.42. The fourth-order valence-corrected chi connectivity index (χ4v) is 4.22. The Morgan fingerprint density at radius 2 is 2.19 bits per heavy atom. The summed E-state index contributed by atoms with van der Waals surface area (Å²) in [4.78, 5) is 26.2. The molecular weight excluding hydrogens is 290 g/mol. The molecule has 0 aromatic carbocycles. The van der Waals surface area contributed by atoms with Gasteiger partial charge in [-0.15, -0.1) is 11.3 Å². The molecule has 5 nitrogen and oxygen atoms in total. The van der Waals surface area contributed by atoms with E-state index in [1.165, 1.54) is 11.3 Å². The number of piperidine rings is 1. The number of hydrogen-bond donors (Lipinski definition) is 1. The van der Waals surface area contributed by atoms with Crippen molar-refractivity contribution >= 4 is 23.2 Å². The number of thiophene rings is 1. The Bertz CT molecular complexity index is 560. The molecule has 3 rings (SSSR count). The van der Waals surface area contributed by atoms with E-state index < -0.39 is 5.97 Å². The summed E-state index contributed by atoms with van der Waals surface area (Å²) in [6, 6.07) is 1.92. The van der Waals surface area contributed by atoms with E-state index in [1.807, 2.05) is 16.3 Å². The molecule has 1 N–H and O–H groups in total. The Hall–Kier alpha value is -1.40. The average Bonchev–Trinajstić information content (AvgIpc) is 2.97. The Morgan fingerprint density at radius 1 is 1.48 bits per heavy atom. The van der Waals surface area contributed by atoms with Gasteiger partial charge in [-0.3, -0.25) is 9.59 Å². The van der Waals surface area contributed by atoms with Crippen molar-refractivity contribution < 1.29 is 19.4 Å². The van der Waals surface area contributed by atoms with E-state index in [0.29, 0.717) is 19.7 Å². The van der Waals surface area contributed by atoms with E-state index >= 15 is 0 Å². The number of carboxylic acids is 1. The maximum Gasteiger partial charge on any atom is 0.307 e. The van der Waals surface area contributed by atoms with E-state index in [9.17, 15) is 9.59 Å². The van der Waals surface area contributed by atoms with Gasteiger partial charge in [-0.25, -0.2) is 0 Å². The zero-order chi connectivity index (χ0) is 15.0. The van der Waals surface area contributed by atoms with Crippen molar-refractivity contribution in [1.29, 1.82) is 0 Å². The van der Waals surface area contributed by atoms with E-state index in [2.05, 4.69) is 0 Å². The van der Waals surface area contributed by atoms with Crippen LogP contribution in [0.4, 0.5) is 0 Å². The number of hydrogen-bond acceptors (Lipinski definition) is 4. The van der Waals surface area contributed by atoms with Crippen LogP contribution in [0.15, 0.2) is 11.4 Å². The Morgan fingerprint density at radius 3 is 2.76 bits per heavy atom. The van der Waals surface area contributed by atoms with E-state index in [0.717, 1.165) is 29.7 Å². The molecule has 1 aliphatic carbocycles. The van der Waals surface area contributed by atoms with Crippen molar-refractivity contribution in [2.45, 2.75) is 25.9 Å². The topological polar surface area (TPSA) is 66.8 Å². The third-order valence-electron chi connectivity index (χ3n) is 4.78. The SMILES string of the molecule is COCc1ccsc1C(=O)N1CCC2(CC1)CC2C(=O)O. The van der Waals surface area contributed by atoms with Gasteiger partial charge < -0.3 is 14.7 Å². The zero-order valence-corrected chi connectivity index (χ0v) is 12.8. The second-order valence-electron chi connectivity index (χ2n) is 5.96. The number of rotatable bonds is 4. The molecule has 1 aromatic heterocycles. The van der Waals surface area contributed by atoms with Crippen LogP contribution in [0.3, 0.4) is 0 Å². The number of aliphatic carboxylic acids is 1. The van der Waals surface area contributed by atoms with Crippen molar-refractivity contribution in [3.8, 4) is 0 Å². The quantitative estimate of drug-likeness (QED) is 0.926. The highest BCUT2D eigenvalue weighted by Gasteiger charge is 2.59. The lowest BCUT2D eigenvalue weighted by molar-refractivity contribution is -0.139. The normalized spacial score (nSPS) is 23.3. The van der Waals surface area contributed by atoms with Gasteiger partial charge >= 0.3 is 5.97 Å². The number of amides is 1. The first-order valence-corrected chi connectivity index (χ1v) is 8.03. The van der Waals surface area contributed by atoms with Crippen LogP contribution in [0, 0.1) is 11.3 Å². The van der Waals surface area contributed by atoms with Gasteiger partial charge in [0, 0.05) is 25.8 Å². The molecule has 2 heterocycles. The van der Waals surface area contributed by atoms with Crippen LogP contribution in [-0.4, -0.2) is 42.1 Å². The van der Waals surface area contributed by atoms with E-state index in [1.54, 1.807) is 7.11 Å². The van der Waals surface area contributed by atoms with E-state index in [4.69, 9.17) is 9.84 Å². The number of carbonyl (C=O) groups excluding carboxylic acids is 1. The fraction of sp³-hybridized carbons (Fsp3) is 0.600. The van der Waals surface area contributed by atoms with Gasteiger partial charge in [-0.05, 0) is 36.1 Å². The minimum atomic E-state index is -0.685. The first-order valence-electron chi connectivity index (χ1n) is 7.15. The maximum atomic E-state index is 12.6. The summed E-state index contributed by atoms with van der Waals surface area (Å²) in [7, 11) is 1.62. The fourth-order valence-electron chi connectivity index (χ4n) is 3.34. The number of carboxylic acid groups (broad SMARTS) is 1. The molecule has 0 bridgehead atoms. The number of ether oxygens (including phenoxy) is 1. The molecular formula is C15H19NO4S. The van der Waals surface area contributed by atoms with Crippen LogP contribution in [0.2, 0.25) is 0 Å². The standard InChI is InChI=1S/C15H19NO4S/c1-20-9-10-2-7-21-12(10)13(17)16-5-3-15(4-6-16)8-11(15)14(18)19/h2,7,11H,3-6,8-9H2,1H3,(H,18,19). The van der Waals surface area contributed by atoms with Crippen molar-refractivity contribution in [2.24, 2.45) is 11.3 Å². The molecule has 2 aliphatic rings.